The molecule has 0 saturated heterocycles. The smallest absolute Gasteiger partial charge is 0.0950 e. The number of aliphatic hydroxyl groups is 1. The van der Waals surface area contributed by atoms with Crippen LogP contribution in [0.4, 0.5) is 0 Å². The first-order valence-electron chi connectivity index (χ1n) is 5.81. The standard InChI is InChI=1S/C12H18ClNOS/c13-10-5-4-9(16-10)11(15)12(8-14)6-2-1-3-7-12/h4-5,11,15H,1-3,6-8,14H2. The molecule has 0 amide bonds. The van der Waals surface area contributed by atoms with Crippen molar-refractivity contribution in [1.82, 2.24) is 0 Å². The van der Waals surface area contributed by atoms with E-state index in [-0.39, 0.29) is 5.41 Å². The van der Waals surface area contributed by atoms with Crippen LogP contribution in [0, 0.1) is 5.41 Å². The maximum atomic E-state index is 10.5. The number of halogens is 1. The summed E-state index contributed by atoms with van der Waals surface area (Å²) in [6, 6.07) is 3.77. The van der Waals surface area contributed by atoms with Gasteiger partial charge in [0.05, 0.1) is 10.4 Å². The van der Waals surface area contributed by atoms with Crippen LogP contribution in [0.2, 0.25) is 4.34 Å². The van der Waals surface area contributed by atoms with E-state index in [4.69, 9.17) is 17.3 Å². The van der Waals surface area contributed by atoms with Gasteiger partial charge in [-0.2, -0.15) is 0 Å². The largest absolute Gasteiger partial charge is 0.387 e. The Labute approximate surface area is 105 Å². The first kappa shape index (κ1) is 12.4. The van der Waals surface area contributed by atoms with Gasteiger partial charge in [-0.25, -0.2) is 0 Å². The number of aliphatic hydroxyl groups excluding tert-OH is 1. The molecule has 0 bridgehead atoms. The molecule has 0 aliphatic heterocycles. The number of hydrogen-bond donors (Lipinski definition) is 2. The second kappa shape index (κ2) is 5.05. The Morgan fingerprint density at radius 3 is 2.56 bits per heavy atom. The Balaban J connectivity index is 2.20. The van der Waals surface area contributed by atoms with Gasteiger partial charge in [0.2, 0.25) is 0 Å². The summed E-state index contributed by atoms with van der Waals surface area (Å²) >= 11 is 7.37. The average molecular weight is 260 g/mol. The van der Waals surface area contributed by atoms with E-state index in [9.17, 15) is 5.11 Å². The van der Waals surface area contributed by atoms with E-state index in [1.165, 1.54) is 30.6 Å². The number of thiophene rings is 1. The van der Waals surface area contributed by atoms with E-state index in [1.807, 2.05) is 12.1 Å². The van der Waals surface area contributed by atoms with Crippen LogP contribution in [-0.4, -0.2) is 11.7 Å². The van der Waals surface area contributed by atoms with Crippen molar-refractivity contribution in [3.05, 3.63) is 21.3 Å². The summed E-state index contributed by atoms with van der Waals surface area (Å²) in [7, 11) is 0. The Kier molecular flexibility index (Phi) is 3.90. The Hall–Kier alpha value is -0.0900. The third-order valence-corrected chi connectivity index (χ3v) is 4.98. The van der Waals surface area contributed by atoms with Crippen LogP contribution < -0.4 is 5.73 Å². The lowest BCUT2D eigenvalue weighted by Gasteiger charge is -2.39. The third-order valence-electron chi connectivity index (χ3n) is 3.70. The van der Waals surface area contributed by atoms with Crippen molar-refractivity contribution in [2.24, 2.45) is 11.1 Å². The topological polar surface area (TPSA) is 46.2 Å². The molecule has 0 aromatic carbocycles. The zero-order valence-electron chi connectivity index (χ0n) is 9.29. The van der Waals surface area contributed by atoms with E-state index in [1.54, 1.807) is 0 Å². The van der Waals surface area contributed by atoms with Gasteiger partial charge in [-0.15, -0.1) is 11.3 Å². The van der Waals surface area contributed by atoms with Crippen LogP contribution in [0.3, 0.4) is 0 Å². The molecule has 1 heterocycles. The number of rotatable bonds is 3. The maximum absolute atomic E-state index is 10.5. The minimum atomic E-state index is -0.449. The summed E-state index contributed by atoms with van der Waals surface area (Å²) in [5.41, 5.74) is 5.78. The first-order valence-corrected chi connectivity index (χ1v) is 7.01. The fourth-order valence-electron chi connectivity index (χ4n) is 2.62. The Morgan fingerprint density at radius 1 is 1.38 bits per heavy atom. The SMILES string of the molecule is NCC1(C(O)c2ccc(Cl)s2)CCCCC1. The van der Waals surface area contributed by atoms with Gasteiger partial charge in [0.25, 0.3) is 0 Å². The monoisotopic (exact) mass is 259 g/mol. The molecule has 2 nitrogen and oxygen atoms in total. The van der Waals surface area contributed by atoms with Crippen LogP contribution in [0.5, 0.6) is 0 Å². The molecule has 1 aromatic heterocycles. The molecule has 0 spiro atoms. The van der Waals surface area contributed by atoms with Crippen molar-refractivity contribution < 1.29 is 5.11 Å². The van der Waals surface area contributed by atoms with Crippen LogP contribution in [0.15, 0.2) is 12.1 Å². The molecule has 16 heavy (non-hydrogen) atoms. The molecule has 3 N–H and O–H groups in total. The normalized spacial score (nSPS) is 21.9. The van der Waals surface area contributed by atoms with Crippen LogP contribution in [0.25, 0.3) is 0 Å². The molecule has 1 saturated carbocycles. The minimum absolute atomic E-state index is 0.119. The maximum Gasteiger partial charge on any atom is 0.0950 e. The molecular weight excluding hydrogens is 242 g/mol. The molecule has 4 heteroatoms. The highest BCUT2D eigenvalue weighted by molar-refractivity contribution is 7.16. The molecule has 1 aliphatic carbocycles. The molecule has 90 valence electrons. The van der Waals surface area contributed by atoms with Crippen molar-refractivity contribution in [3.8, 4) is 0 Å². The van der Waals surface area contributed by atoms with Crippen LogP contribution in [-0.2, 0) is 0 Å². The fourth-order valence-corrected chi connectivity index (χ4v) is 3.81. The third kappa shape index (κ3) is 2.28. The highest BCUT2D eigenvalue weighted by Gasteiger charge is 2.39. The molecule has 2 rings (SSSR count). The lowest BCUT2D eigenvalue weighted by Crippen LogP contribution is -2.38. The molecule has 0 radical (unpaired) electrons. The molecule has 1 fully saturated rings. The van der Waals surface area contributed by atoms with Gasteiger partial charge in [-0.3, -0.25) is 0 Å². The van der Waals surface area contributed by atoms with E-state index >= 15 is 0 Å². The summed E-state index contributed by atoms with van der Waals surface area (Å²) in [6.45, 7) is 0.559. The van der Waals surface area contributed by atoms with E-state index in [0.29, 0.717) is 6.54 Å². The van der Waals surface area contributed by atoms with Gasteiger partial charge in [0.1, 0.15) is 0 Å². The Morgan fingerprint density at radius 2 is 2.06 bits per heavy atom. The average Bonchev–Trinajstić information content (AvgIpc) is 2.76. The zero-order valence-corrected chi connectivity index (χ0v) is 10.9. The van der Waals surface area contributed by atoms with Gasteiger partial charge < -0.3 is 10.8 Å². The fraction of sp³-hybridized carbons (Fsp3) is 0.667. The van der Waals surface area contributed by atoms with Gasteiger partial charge in [0, 0.05) is 16.8 Å². The van der Waals surface area contributed by atoms with Crippen molar-refractivity contribution in [2.45, 2.75) is 38.2 Å². The number of hydrogen-bond acceptors (Lipinski definition) is 3. The molecule has 1 aromatic rings. The van der Waals surface area contributed by atoms with E-state index in [2.05, 4.69) is 0 Å². The zero-order chi connectivity index (χ0) is 11.6. The summed E-state index contributed by atoms with van der Waals surface area (Å²) in [5.74, 6) is 0. The first-order chi connectivity index (χ1) is 7.68. The van der Waals surface area contributed by atoms with Gasteiger partial charge in [-0.1, -0.05) is 30.9 Å². The number of nitrogens with two attached hydrogens (primary N) is 1. The van der Waals surface area contributed by atoms with Crippen molar-refractivity contribution in [1.29, 1.82) is 0 Å². The van der Waals surface area contributed by atoms with Crippen molar-refractivity contribution in [3.63, 3.8) is 0 Å². The summed E-state index contributed by atoms with van der Waals surface area (Å²) in [4.78, 5) is 0.956. The van der Waals surface area contributed by atoms with Gasteiger partial charge in [0.15, 0.2) is 0 Å². The Bertz CT molecular complexity index is 347. The quantitative estimate of drug-likeness (QED) is 0.875. The molecular formula is C12H18ClNOS. The predicted molar refractivity (Wildman–Crippen MR) is 68.9 cm³/mol. The molecule has 1 aliphatic rings. The summed E-state index contributed by atoms with van der Waals surface area (Å²) in [6.07, 6.45) is 5.22. The predicted octanol–water partition coefficient (Wildman–Crippen LogP) is 3.34. The molecule has 1 atom stereocenters. The second-order valence-electron chi connectivity index (χ2n) is 4.67. The van der Waals surface area contributed by atoms with Gasteiger partial charge >= 0.3 is 0 Å². The van der Waals surface area contributed by atoms with Crippen LogP contribution in [0.1, 0.15) is 43.1 Å². The van der Waals surface area contributed by atoms with E-state index in [0.717, 1.165) is 22.1 Å². The summed E-state index contributed by atoms with van der Waals surface area (Å²) < 4.78 is 0.733. The highest BCUT2D eigenvalue weighted by Crippen LogP contribution is 2.47. The van der Waals surface area contributed by atoms with Gasteiger partial charge in [-0.05, 0) is 25.0 Å². The van der Waals surface area contributed by atoms with Crippen molar-refractivity contribution in [2.75, 3.05) is 6.54 Å². The summed E-state index contributed by atoms with van der Waals surface area (Å²) in [5, 5.41) is 10.5. The second-order valence-corrected chi connectivity index (χ2v) is 6.42. The highest BCUT2D eigenvalue weighted by atomic mass is 35.5. The van der Waals surface area contributed by atoms with E-state index < -0.39 is 6.10 Å². The molecule has 1 unspecified atom stereocenters. The van der Waals surface area contributed by atoms with Crippen LogP contribution >= 0.6 is 22.9 Å². The van der Waals surface area contributed by atoms with Crippen molar-refractivity contribution >= 4 is 22.9 Å². The lowest BCUT2D eigenvalue weighted by molar-refractivity contribution is 0.00313. The minimum Gasteiger partial charge on any atom is -0.387 e. The lowest BCUT2D eigenvalue weighted by atomic mass is 9.70.